The fraction of sp³-hybridized carbons (Fsp3) is 0.385. The number of hydrogen-bond donors (Lipinski definition) is 2. The number of rotatable bonds is 2. The van der Waals surface area contributed by atoms with Gasteiger partial charge in [0.2, 0.25) is 0 Å². The zero-order chi connectivity index (χ0) is 12.7. The van der Waals surface area contributed by atoms with Crippen molar-refractivity contribution < 1.29 is 9.90 Å². The Balaban J connectivity index is 1.89. The van der Waals surface area contributed by atoms with Crippen molar-refractivity contribution in [3.05, 3.63) is 30.1 Å². The van der Waals surface area contributed by atoms with Crippen LogP contribution in [0.4, 0.5) is 0 Å². The van der Waals surface area contributed by atoms with Crippen LogP contribution in [0.25, 0.3) is 11.0 Å². The summed E-state index contributed by atoms with van der Waals surface area (Å²) < 4.78 is 1.97. The molecule has 0 aliphatic carbocycles. The average molecular weight is 245 g/mol. The van der Waals surface area contributed by atoms with Gasteiger partial charge < -0.3 is 15.0 Å². The maximum atomic E-state index is 10.9. The second-order valence-corrected chi connectivity index (χ2v) is 4.84. The minimum atomic E-state index is -0.719. The van der Waals surface area contributed by atoms with E-state index < -0.39 is 5.97 Å². The molecule has 0 bridgehead atoms. The highest BCUT2D eigenvalue weighted by Gasteiger charge is 2.30. The molecule has 1 fully saturated rings. The van der Waals surface area contributed by atoms with Gasteiger partial charge in [0.25, 0.3) is 0 Å². The predicted molar refractivity (Wildman–Crippen MR) is 67.2 cm³/mol. The number of nitrogens with zero attached hydrogens (tertiary/aromatic N) is 2. The van der Waals surface area contributed by atoms with E-state index >= 15 is 0 Å². The third kappa shape index (κ3) is 1.76. The van der Waals surface area contributed by atoms with Crippen LogP contribution in [0.3, 0.4) is 0 Å². The van der Waals surface area contributed by atoms with Crippen LogP contribution in [0.5, 0.6) is 0 Å². The van der Waals surface area contributed by atoms with Crippen LogP contribution < -0.4 is 5.32 Å². The fourth-order valence-electron chi connectivity index (χ4n) is 2.55. The summed E-state index contributed by atoms with van der Waals surface area (Å²) in [5, 5.41) is 12.3. The van der Waals surface area contributed by atoms with Gasteiger partial charge >= 0.3 is 5.97 Å². The van der Waals surface area contributed by atoms with E-state index in [0.29, 0.717) is 13.0 Å². The number of aliphatic carboxylic acids is 1. The molecule has 1 aliphatic rings. The minimum Gasteiger partial charge on any atom is -0.481 e. The maximum Gasteiger partial charge on any atom is 0.307 e. The number of nitrogens with one attached hydrogen (secondary N) is 1. The first kappa shape index (κ1) is 11.2. The van der Waals surface area contributed by atoms with Gasteiger partial charge in [0.15, 0.2) is 0 Å². The van der Waals surface area contributed by atoms with Crippen LogP contribution in [-0.4, -0.2) is 27.2 Å². The Bertz CT molecular complexity index is 605. The molecule has 1 aromatic heterocycles. The molecule has 2 aromatic rings. The summed E-state index contributed by atoms with van der Waals surface area (Å²) in [6, 6.07) is 6.24. The van der Waals surface area contributed by atoms with Gasteiger partial charge in [-0.2, -0.15) is 0 Å². The highest BCUT2D eigenvalue weighted by molar-refractivity contribution is 5.76. The Labute approximate surface area is 104 Å². The van der Waals surface area contributed by atoms with Gasteiger partial charge in [-0.15, -0.1) is 0 Å². The normalized spacial score (nSPS) is 23.6. The van der Waals surface area contributed by atoms with Crippen molar-refractivity contribution in [3.63, 3.8) is 0 Å². The van der Waals surface area contributed by atoms with Gasteiger partial charge in [-0.3, -0.25) is 4.79 Å². The first-order chi connectivity index (χ1) is 8.65. The summed E-state index contributed by atoms with van der Waals surface area (Å²) >= 11 is 0. The number of hydrogen-bond acceptors (Lipinski definition) is 3. The summed E-state index contributed by atoms with van der Waals surface area (Å²) in [6.45, 7) is 0.542. The number of carboxylic acids is 1. The number of carboxylic acid groups (broad SMARTS) is 1. The van der Waals surface area contributed by atoms with Crippen LogP contribution in [0, 0.1) is 5.92 Å². The van der Waals surface area contributed by atoms with Crippen molar-refractivity contribution in [1.82, 2.24) is 14.9 Å². The smallest absolute Gasteiger partial charge is 0.307 e. The van der Waals surface area contributed by atoms with Crippen LogP contribution >= 0.6 is 0 Å². The topological polar surface area (TPSA) is 67.2 Å². The Morgan fingerprint density at radius 1 is 1.56 bits per heavy atom. The maximum absolute atomic E-state index is 10.9. The summed E-state index contributed by atoms with van der Waals surface area (Å²) in [6.07, 6.45) is 2.43. The van der Waals surface area contributed by atoms with Crippen molar-refractivity contribution in [1.29, 1.82) is 0 Å². The molecule has 2 N–H and O–H groups in total. The highest BCUT2D eigenvalue weighted by atomic mass is 16.4. The molecule has 94 valence electrons. The molecular weight excluding hydrogens is 230 g/mol. The zero-order valence-corrected chi connectivity index (χ0v) is 10.1. The van der Waals surface area contributed by atoms with Crippen LogP contribution in [0.15, 0.2) is 24.5 Å². The minimum absolute atomic E-state index is 0.123. The van der Waals surface area contributed by atoms with Crippen LogP contribution in [-0.2, 0) is 11.8 Å². The number of aromatic nitrogens is 2. The van der Waals surface area contributed by atoms with E-state index in [-0.39, 0.29) is 12.0 Å². The zero-order valence-electron chi connectivity index (χ0n) is 10.1. The molecule has 1 aliphatic heterocycles. The van der Waals surface area contributed by atoms with Crippen molar-refractivity contribution in [2.75, 3.05) is 6.54 Å². The van der Waals surface area contributed by atoms with Gasteiger partial charge in [-0.05, 0) is 24.1 Å². The second-order valence-electron chi connectivity index (χ2n) is 4.84. The van der Waals surface area contributed by atoms with Gasteiger partial charge in [-0.1, -0.05) is 6.07 Å². The Morgan fingerprint density at radius 3 is 3.11 bits per heavy atom. The first-order valence-electron chi connectivity index (χ1n) is 6.02. The predicted octanol–water partition coefficient (Wildman–Crippen LogP) is 1.31. The first-order valence-corrected chi connectivity index (χ1v) is 6.02. The average Bonchev–Trinajstić information content (AvgIpc) is 2.96. The molecule has 1 aromatic carbocycles. The molecule has 5 nitrogen and oxygen atoms in total. The second kappa shape index (κ2) is 4.10. The highest BCUT2D eigenvalue weighted by Crippen LogP contribution is 2.28. The molecule has 2 heterocycles. The molecule has 5 heteroatoms. The molecule has 2 unspecified atom stereocenters. The van der Waals surface area contributed by atoms with E-state index in [1.54, 1.807) is 6.33 Å². The molecule has 0 amide bonds. The molecule has 1 saturated heterocycles. The molecule has 0 radical (unpaired) electrons. The number of fused-ring (bicyclic) bond motifs is 1. The Morgan fingerprint density at radius 2 is 2.39 bits per heavy atom. The van der Waals surface area contributed by atoms with Crippen molar-refractivity contribution in [2.45, 2.75) is 12.5 Å². The van der Waals surface area contributed by atoms with Gasteiger partial charge in [0.05, 0.1) is 23.3 Å². The van der Waals surface area contributed by atoms with E-state index in [4.69, 9.17) is 5.11 Å². The number of aryl methyl sites for hydroxylation is 1. The monoisotopic (exact) mass is 245 g/mol. The van der Waals surface area contributed by atoms with Gasteiger partial charge in [0, 0.05) is 19.6 Å². The lowest BCUT2D eigenvalue weighted by atomic mass is 10.00. The largest absolute Gasteiger partial charge is 0.481 e. The van der Waals surface area contributed by atoms with Crippen molar-refractivity contribution in [3.8, 4) is 0 Å². The van der Waals surface area contributed by atoms with E-state index in [0.717, 1.165) is 16.6 Å². The van der Waals surface area contributed by atoms with Crippen LogP contribution in [0.1, 0.15) is 18.0 Å². The van der Waals surface area contributed by atoms with Crippen LogP contribution in [0.2, 0.25) is 0 Å². The third-order valence-corrected chi connectivity index (χ3v) is 3.63. The fourth-order valence-corrected chi connectivity index (χ4v) is 2.55. The van der Waals surface area contributed by atoms with E-state index in [1.807, 2.05) is 29.8 Å². The van der Waals surface area contributed by atoms with Gasteiger partial charge in [0.1, 0.15) is 0 Å². The molecule has 2 atom stereocenters. The summed E-state index contributed by atoms with van der Waals surface area (Å²) in [7, 11) is 1.96. The Hall–Kier alpha value is -1.88. The van der Waals surface area contributed by atoms with Crippen molar-refractivity contribution in [2.24, 2.45) is 13.0 Å². The van der Waals surface area contributed by atoms with Crippen molar-refractivity contribution >= 4 is 17.0 Å². The van der Waals surface area contributed by atoms with E-state index in [2.05, 4.69) is 10.3 Å². The standard InChI is InChI=1S/C13H15N3O2/c1-16-7-15-11-4-8(2-3-12(11)16)10-5-9(6-14-10)13(17)18/h2-4,7,9-10,14H,5-6H2,1H3,(H,17,18). The summed E-state index contributed by atoms with van der Waals surface area (Å²) in [5.74, 6) is -1.00. The SMILES string of the molecule is Cn1cnc2cc(C3CC(C(=O)O)CN3)ccc21. The molecule has 18 heavy (non-hydrogen) atoms. The van der Waals surface area contributed by atoms with E-state index in [1.165, 1.54) is 0 Å². The summed E-state index contributed by atoms with van der Waals surface area (Å²) in [4.78, 5) is 15.3. The number of imidazole rings is 1. The third-order valence-electron chi connectivity index (χ3n) is 3.63. The Kier molecular flexibility index (Phi) is 2.56. The lowest BCUT2D eigenvalue weighted by molar-refractivity contribution is -0.141. The quantitative estimate of drug-likeness (QED) is 0.837. The molecule has 3 rings (SSSR count). The molecular formula is C13H15N3O2. The molecule has 0 saturated carbocycles. The summed E-state index contributed by atoms with van der Waals surface area (Å²) in [5.41, 5.74) is 3.16. The van der Waals surface area contributed by atoms with Gasteiger partial charge in [-0.25, -0.2) is 4.98 Å². The lowest BCUT2D eigenvalue weighted by Crippen LogP contribution is -2.17. The van der Waals surface area contributed by atoms with E-state index in [9.17, 15) is 4.79 Å². The number of carbonyl (C=O) groups is 1. The molecule has 0 spiro atoms. The lowest BCUT2D eigenvalue weighted by Gasteiger charge is -2.10. The number of benzene rings is 1.